The maximum absolute atomic E-state index is 12.4. The monoisotopic (exact) mass is 546 g/mol. The second kappa shape index (κ2) is 14.0. The van der Waals surface area contributed by atoms with Crippen LogP contribution in [0.25, 0.3) is 0 Å². The molecule has 3 rings (SSSR count). The summed E-state index contributed by atoms with van der Waals surface area (Å²) in [6, 6.07) is 3.87. The number of urea groups is 1. The number of nitrogens with zero attached hydrogens (tertiary/aromatic N) is 3. The number of likely N-dealkylation sites (N-methyl/N-ethyl adjacent to an activating group) is 1. The van der Waals surface area contributed by atoms with Crippen molar-refractivity contribution in [1.29, 1.82) is 0 Å². The van der Waals surface area contributed by atoms with Crippen molar-refractivity contribution in [3.63, 3.8) is 0 Å². The fourth-order valence-electron chi connectivity index (χ4n) is 3.61. The first-order valence-corrected chi connectivity index (χ1v) is 10.8. The third kappa shape index (κ3) is 11.6. The number of ether oxygens (including phenoxy) is 1. The van der Waals surface area contributed by atoms with Crippen molar-refractivity contribution in [3.05, 3.63) is 30.1 Å². The normalized spacial score (nSPS) is 21.1. The number of carboxylic acids is 2. The molecule has 0 unspecified atom stereocenters. The van der Waals surface area contributed by atoms with Gasteiger partial charge in [0.25, 0.3) is 0 Å². The number of hydrogen-bond donors (Lipinski definition) is 3. The molecule has 2 amide bonds. The van der Waals surface area contributed by atoms with Crippen molar-refractivity contribution in [2.24, 2.45) is 11.8 Å². The molecule has 2 aliphatic heterocycles. The van der Waals surface area contributed by atoms with Crippen LogP contribution in [0.3, 0.4) is 0 Å². The molecule has 10 nitrogen and oxygen atoms in total. The molecule has 0 bridgehead atoms. The topological polar surface area (TPSA) is 132 Å². The van der Waals surface area contributed by atoms with Crippen LogP contribution in [-0.2, 0) is 20.9 Å². The Morgan fingerprint density at radius 3 is 2.16 bits per heavy atom. The van der Waals surface area contributed by atoms with Gasteiger partial charge >= 0.3 is 30.3 Å². The first kappa shape index (κ1) is 31.9. The molecular weight excluding hydrogens is 518 g/mol. The van der Waals surface area contributed by atoms with E-state index in [2.05, 4.69) is 29.3 Å². The molecule has 2 aliphatic rings. The van der Waals surface area contributed by atoms with Crippen LogP contribution in [-0.4, -0.2) is 102 Å². The largest absolute Gasteiger partial charge is 0.490 e. The Morgan fingerprint density at radius 2 is 1.70 bits per heavy atom. The van der Waals surface area contributed by atoms with Crippen molar-refractivity contribution < 1.29 is 55.7 Å². The van der Waals surface area contributed by atoms with Gasteiger partial charge in [0.1, 0.15) is 0 Å². The summed E-state index contributed by atoms with van der Waals surface area (Å²) in [5.41, 5.74) is 1.02. The number of hydrogen-bond acceptors (Lipinski definition) is 6. The molecule has 210 valence electrons. The molecule has 0 radical (unpaired) electrons. The second-order valence-corrected chi connectivity index (χ2v) is 8.42. The summed E-state index contributed by atoms with van der Waals surface area (Å²) < 4.78 is 69.4. The maximum atomic E-state index is 12.4. The first-order chi connectivity index (χ1) is 17.0. The van der Waals surface area contributed by atoms with E-state index in [-0.39, 0.29) is 6.03 Å². The van der Waals surface area contributed by atoms with Crippen molar-refractivity contribution in [1.82, 2.24) is 20.1 Å². The Morgan fingerprint density at radius 1 is 1.14 bits per heavy atom. The van der Waals surface area contributed by atoms with Gasteiger partial charge in [-0.15, -0.1) is 0 Å². The van der Waals surface area contributed by atoms with Crippen molar-refractivity contribution in [2.75, 3.05) is 40.3 Å². The van der Waals surface area contributed by atoms with Crippen molar-refractivity contribution in [3.8, 4) is 0 Å². The average Bonchev–Trinajstić information content (AvgIpc) is 3.19. The zero-order valence-electron chi connectivity index (χ0n) is 19.9. The third-order valence-electron chi connectivity index (χ3n) is 5.28. The minimum Gasteiger partial charge on any atom is -0.475 e. The summed E-state index contributed by atoms with van der Waals surface area (Å²) in [4.78, 5) is 38.3. The van der Waals surface area contributed by atoms with E-state index >= 15 is 0 Å². The standard InChI is InChI=1S/C17H26N4O2.2C2HF3O2/c1-20(2)11-16-15-5-7-21(10-14(15)12-23-16)17(22)19-9-13-4-3-6-18-8-13;2*3-2(4,5)1(6)7/h3-4,6,8,14-16H,5,7,9-12H2,1-2H3,(H,19,22);2*(H,6,7)/t14-,15-,16+;;/m0../s1. The van der Waals surface area contributed by atoms with Crippen LogP contribution in [0.2, 0.25) is 0 Å². The number of alkyl halides is 6. The highest BCUT2D eigenvalue weighted by atomic mass is 19.4. The van der Waals surface area contributed by atoms with E-state index in [4.69, 9.17) is 24.5 Å². The fourth-order valence-corrected chi connectivity index (χ4v) is 3.61. The molecule has 1 aromatic heterocycles. The summed E-state index contributed by atoms with van der Waals surface area (Å²) in [7, 11) is 4.16. The van der Waals surface area contributed by atoms with Crippen LogP contribution < -0.4 is 5.32 Å². The van der Waals surface area contributed by atoms with E-state index in [0.717, 1.165) is 38.2 Å². The number of likely N-dealkylation sites (tertiary alicyclic amines) is 1. The number of aliphatic carboxylic acids is 2. The van der Waals surface area contributed by atoms with Gasteiger partial charge in [-0.2, -0.15) is 26.3 Å². The van der Waals surface area contributed by atoms with Crippen LogP contribution in [0.5, 0.6) is 0 Å². The number of carbonyl (C=O) groups is 3. The smallest absolute Gasteiger partial charge is 0.475 e. The van der Waals surface area contributed by atoms with Crippen LogP contribution in [0.4, 0.5) is 31.1 Å². The van der Waals surface area contributed by atoms with E-state index in [9.17, 15) is 31.1 Å². The minimum atomic E-state index is -5.08. The minimum absolute atomic E-state index is 0.0170. The molecule has 0 spiro atoms. The number of halogens is 6. The van der Waals surface area contributed by atoms with Crippen LogP contribution in [0.1, 0.15) is 12.0 Å². The van der Waals surface area contributed by atoms with E-state index < -0.39 is 24.3 Å². The van der Waals surface area contributed by atoms with Gasteiger partial charge in [0, 0.05) is 44.5 Å². The van der Waals surface area contributed by atoms with Gasteiger partial charge in [-0.1, -0.05) is 6.07 Å². The molecule has 2 fully saturated rings. The fraction of sp³-hybridized carbons (Fsp3) is 0.619. The number of pyridine rings is 1. The predicted octanol–water partition coefficient (Wildman–Crippen LogP) is 2.46. The summed E-state index contributed by atoms with van der Waals surface area (Å²) in [6.45, 7) is 3.88. The lowest BCUT2D eigenvalue weighted by atomic mass is 9.84. The number of carbonyl (C=O) groups excluding carboxylic acids is 1. The predicted molar refractivity (Wildman–Crippen MR) is 115 cm³/mol. The molecule has 3 atom stereocenters. The molecule has 3 N–H and O–H groups in total. The van der Waals surface area contributed by atoms with Gasteiger partial charge in [0.05, 0.1) is 12.7 Å². The Labute approximate surface area is 208 Å². The molecular formula is C21H28F6N4O6. The molecule has 0 aliphatic carbocycles. The highest BCUT2D eigenvalue weighted by Crippen LogP contribution is 2.34. The molecule has 0 aromatic carbocycles. The van der Waals surface area contributed by atoms with E-state index in [1.165, 1.54) is 0 Å². The Bertz CT molecular complexity index is 861. The van der Waals surface area contributed by atoms with Gasteiger partial charge in [0.15, 0.2) is 0 Å². The van der Waals surface area contributed by atoms with Crippen LogP contribution >= 0.6 is 0 Å². The average molecular weight is 546 g/mol. The Kier molecular flexibility index (Phi) is 12.0. The van der Waals surface area contributed by atoms with Gasteiger partial charge in [0.2, 0.25) is 0 Å². The highest BCUT2D eigenvalue weighted by molar-refractivity contribution is 5.74. The lowest BCUT2D eigenvalue weighted by Crippen LogP contribution is -2.49. The van der Waals surface area contributed by atoms with E-state index in [1.807, 2.05) is 17.0 Å². The molecule has 16 heteroatoms. The van der Waals surface area contributed by atoms with Crippen molar-refractivity contribution in [2.45, 2.75) is 31.4 Å². The Hall–Kier alpha value is -3.14. The van der Waals surface area contributed by atoms with Gasteiger partial charge in [-0.25, -0.2) is 14.4 Å². The molecule has 1 aromatic rings. The highest BCUT2D eigenvalue weighted by Gasteiger charge is 2.42. The molecule has 37 heavy (non-hydrogen) atoms. The SMILES string of the molecule is CN(C)C[C@H]1OC[C@@H]2CN(C(=O)NCc3cccnc3)CC[C@@H]21.O=C(O)C(F)(F)F.O=C(O)C(F)(F)F. The van der Waals surface area contributed by atoms with Crippen molar-refractivity contribution >= 4 is 18.0 Å². The number of carboxylic acid groups (broad SMARTS) is 2. The van der Waals surface area contributed by atoms with Gasteiger partial charge in [-0.05, 0) is 38.1 Å². The third-order valence-corrected chi connectivity index (χ3v) is 5.28. The summed E-state index contributed by atoms with van der Waals surface area (Å²) >= 11 is 0. The maximum Gasteiger partial charge on any atom is 0.490 e. The molecule has 3 heterocycles. The van der Waals surface area contributed by atoms with Gasteiger partial charge in [-0.3, -0.25) is 4.98 Å². The summed E-state index contributed by atoms with van der Waals surface area (Å²) in [6.07, 6.45) is -5.30. The number of piperidine rings is 1. The number of amides is 2. The first-order valence-electron chi connectivity index (χ1n) is 10.8. The zero-order chi connectivity index (χ0) is 28.4. The van der Waals surface area contributed by atoms with Gasteiger partial charge < -0.3 is 30.1 Å². The van der Waals surface area contributed by atoms with E-state index in [1.54, 1.807) is 12.4 Å². The van der Waals surface area contributed by atoms with Crippen LogP contribution in [0.15, 0.2) is 24.5 Å². The summed E-state index contributed by atoms with van der Waals surface area (Å²) in [5.74, 6) is -4.46. The quantitative estimate of drug-likeness (QED) is 0.491. The lowest BCUT2D eigenvalue weighted by Gasteiger charge is -2.36. The number of fused-ring (bicyclic) bond motifs is 1. The second-order valence-electron chi connectivity index (χ2n) is 8.42. The molecule has 0 saturated carbocycles. The number of rotatable bonds is 4. The lowest BCUT2D eigenvalue weighted by molar-refractivity contribution is -0.193. The number of nitrogens with one attached hydrogen (secondary N) is 1. The zero-order valence-corrected chi connectivity index (χ0v) is 19.9. The summed E-state index contributed by atoms with van der Waals surface area (Å²) in [5, 5.41) is 17.2. The number of aromatic nitrogens is 1. The van der Waals surface area contributed by atoms with E-state index in [0.29, 0.717) is 24.5 Å². The van der Waals surface area contributed by atoms with Crippen LogP contribution in [0, 0.1) is 11.8 Å². The Balaban J connectivity index is 0.000000404. The molecule has 2 saturated heterocycles.